The smallest absolute Gasteiger partial charge is 0.248 e. The van der Waals surface area contributed by atoms with Crippen LogP contribution in [0.15, 0.2) is 36.7 Å². The van der Waals surface area contributed by atoms with Crippen molar-refractivity contribution in [2.24, 2.45) is 7.05 Å². The first-order chi connectivity index (χ1) is 12.0. The highest BCUT2D eigenvalue weighted by Crippen LogP contribution is 2.21. The summed E-state index contributed by atoms with van der Waals surface area (Å²) < 4.78 is 1.66. The highest BCUT2D eigenvalue weighted by molar-refractivity contribution is 7.15. The number of nitrogens with one attached hydrogen (secondary N) is 2. The lowest BCUT2D eigenvalue weighted by Crippen LogP contribution is -2.30. The van der Waals surface area contributed by atoms with Crippen LogP contribution in [-0.4, -0.2) is 32.9 Å². The van der Waals surface area contributed by atoms with Crippen molar-refractivity contribution in [3.63, 3.8) is 0 Å². The van der Waals surface area contributed by atoms with Crippen molar-refractivity contribution >= 4 is 22.4 Å². The fourth-order valence-electron chi connectivity index (χ4n) is 2.47. The predicted octanol–water partition coefficient (Wildman–Crippen LogP) is 2.07. The summed E-state index contributed by atoms with van der Waals surface area (Å²) >= 11 is 1.39. The summed E-state index contributed by atoms with van der Waals surface area (Å²) in [6, 6.07) is 7.82. The number of hydrogen-bond acceptors (Lipinski definition) is 6. The van der Waals surface area contributed by atoms with E-state index < -0.39 is 6.04 Å². The number of aryl methyl sites for hydroxylation is 2. The largest absolute Gasteiger partial charge is 0.305 e. The Balaban J connectivity index is 1.65. The monoisotopic (exact) mass is 356 g/mol. The van der Waals surface area contributed by atoms with Crippen LogP contribution in [0, 0.1) is 6.92 Å². The van der Waals surface area contributed by atoms with Crippen LogP contribution in [0.25, 0.3) is 0 Å². The summed E-state index contributed by atoms with van der Waals surface area (Å²) in [4.78, 5) is 12.5. The zero-order valence-corrected chi connectivity index (χ0v) is 15.2. The highest BCUT2D eigenvalue weighted by Gasteiger charge is 2.21. The zero-order valence-electron chi connectivity index (χ0n) is 14.4. The molecule has 0 radical (unpaired) electrons. The summed E-state index contributed by atoms with van der Waals surface area (Å²) in [7, 11) is 3.55. The lowest BCUT2D eigenvalue weighted by Gasteiger charge is -2.12. The minimum absolute atomic E-state index is 0.187. The average molecular weight is 356 g/mol. The van der Waals surface area contributed by atoms with Gasteiger partial charge in [0, 0.05) is 25.2 Å². The van der Waals surface area contributed by atoms with Crippen molar-refractivity contribution < 1.29 is 4.79 Å². The Kier molecular flexibility index (Phi) is 5.20. The molecule has 7 nitrogen and oxygen atoms in total. The van der Waals surface area contributed by atoms with E-state index in [1.54, 1.807) is 17.9 Å². The molecule has 1 amide bonds. The number of benzene rings is 1. The first-order valence-electron chi connectivity index (χ1n) is 7.90. The number of carbonyl (C=O) groups excluding carboxylic acids is 1. The molecule has 3 aromatic rings. The third-order valence-corrected chi connectivity index (χ3v) is 4.62. The molecule has 25 heavy (non-hydrogen) atoms. The van der Waals surface area contributed by atoms with Gasteiger partial charge in [-0.1, -0.05) is 41.2 Å². The third kappa shape index (κ3) is 4.28. The van der Waals surface area contributed by atoms with Crippen LogP contribution >= 0.6 is 11.3 Å². The molecular weight excluding hydrogens is 336 g/mol. The first-order valence-corrected chi connectivity index (χ1v) is 8.71. The Morgan fingerprint density at radius 2 is 2.04 bits per heavy atom. The van der Waals surface area contributed by atoms with Crippen molar-refractivity contribution in [2.75, 3.05) is 12.4 Å². The number of anilines is 1. The molecule has 2 N–H and O–H groups in total. The standard InChI is InChI=1S/C17H20N6OS/c1-11-4-6-12(7-5-11)8-14-21-22-17(25-14)20-16(24)15(18-2)13-9-19-23(3)10-13/h4-7,9-10,15,18H,8H2,1-3H3,(H,20,22,24). The molecule has 8 heteroatoms. The molecule has 2 aromatic heterocycles. The normalized spacial score (nSPS) is 12.1. The fourth-order valence-corrected chi connectivity index (χ4v) is 3.25. The molecule has 3 rings (SSSR count). The molecule has 0 bridgehead atoms. The Labute approximate surface area is 150 Å². The number of carbonyl (C=O) groups is 1. The van der Waals surface area contributed by atoms with Gasteiger partial charge in [-0.05, 0) is 19.5 Å². The highest BCUT2D eigenvalue weighted by atomic mass is 32.1. The molecule has 2 heterocycles. The van der Waals surface area contributed by atoms with Crippen LogP contribution in [0.2, 0.25) is 0 Å². The number of nitrogens with zero attached hydrogens (tertiary/aromatic N) is 4. The maximum Gasteiger partial charge on any atom is 0.248 e. The van der Waals surface area contributed by atoms with Gasteiger partial charge in [-0.25, -0.2) is 0 Å². The summed E-state index contributed by atoms with van der Waals surface area (Å²) in [6.45, 7) is 2.06. The maximum absolute atomic E-state index is 12.5. The van der Waals surface area contributed by atoms with Crippen LogP contribution in [-0.2, 0) is 18.3 Å². The predicted molar refractivity (Wildman–Crippen MR) is 97.5 cm³/mol. The molecule has 1 unspecified atom stereocenters. The van der Waals surface area contributed by atoms with Crippen molar-refractivity contribution in [2.45, 2.75) is 19.4 Å². The van der Waals surface area contributed by atoms with Crippen molar-refractivity contribution in [1.29, 1.82) is 0 Å². The minimum atomic E-state index is -0.488. The molecule has 0 fully saturated rings. The maximum atomic E-state index is 12.5. The Morgan fingerprint density at radius 3 is 2.68 bits per heavy atom. The summed E-state index contributed by atoms with van der Waals surface area (Å²) in [5, 5.41) is 19.5. The Morgan fingerprint density at radius 1 is 1.28 bits per heavy atom. The van der Waals surface area contributed by atoms with E-state index >= 15 is 0 Å². The van der Waals surface area contributed by atoms with E-state index in [0.29, 0.717) is 11.6 Å². The van der Waals surface area contributed by atoms with Crippen LogP contribution < -0.4 is 10.6 Å². The van der Waals surface area contributed by atoms with E-state index in [1.165, 1.54) is 22.5 Å². The van der Waals surface area contributed by atoms with E-state index in [4.69, 9.17) is 0 Å². The van der Waals surface area contributed by atoms with Crippen LogP contribution in [0.3, 0.4) is 0 Å². The molecule has 0 aliphatic carbocycles. The van der Waals surface area contributed by atoms with Crippen LogP contribution in [0.4, 0.5) is 5.13 Å². The molecule has 1 atom stereocenters. The SMILES string of the molecule is CNC(C(=O)Nc1nnc(Cc2ccc(C)cc2)s1)c1cnn(C)c1. The van der Waals surface area contributed by atoms with E-state index in [1.807, 2.05) is 13.2 Å². The third-order valence-electron chi connectivity index (χ3n) is 3.78. The second-order valence-electron chi connectivity index (χ2n) is 5.82. The summed E-state index contributed by atoms with van der Waals surface area (Å²) in [6.07, 6.45) is 4.18. The van der Waals surface area contributed by atoms with Crippen molar-refractivity contribution in [3.8, 4) is 0 Å². The number of amides is 1. The fraction of sp³-hybridized carbons (Fsp3) is 0.294. The van der Waals surface area contributed by atoms with Gasteiger partial charge in [0.25, 0.3) is 0 Å². The lowest BCUT2D eigenvalue weighted by molar-refractivity contribution is -0.118. The minimum Gasteiger partial charge on any atom is -0.305 e. The summed E-state index contributed by atoms with van der Waals surface area (Å²) in [5.74, 6) is -0.187. The zero-order chi connectivity index (χ0) is 17.8. The first kappa shape index (κ1) is 17.2. The van der Waals surface area contributed by atoms with Gasteiger partial charge in [-0.15, -0.1) is 10.2 Å². The molecule has 0 aliphatic heterocycles. The average Bonchev–Trinajstić information content (AvgIpc) is 3.20. The van der Waals surface area contributed by atoms with Gasteiger partial charge in [-0.3, -0.25) is 14.8 Å². The van der Waals surface area contributed by atoms with Gasteiger partial charge in [0.15, 0.2) is 0 Å². The summed E-state index contributed by atoms with van der Waals surface area (Å²) in [5.41, 5.74) is 3.19. The second-order valence-corrected chi connectivity index (χ2v) is 6.88. The van der Waals surface area contributed by atoms with E-state index in [2.05, 4.69) is 57.1 Å². The molecule has 0 spiro atoms. The van der Waals surface area contributed by atoms with E-state index in [-0.39, 0.29) is 5.91 Å². The van der Waals surface area contributed by atoms with Crippen LogP contribution in [0.1, 0.15) is 27.7 Å². The molecule has 1 aromatic carbocycles. The topological polar surface area (TPSA) is 84.7 Å². The molecule has 0 saturated heterocycles. The number of aromatic nitrogens is 4. The number of rotatable bonds is 6. The lowest BCUT2D eigenvalue weighted by atomic mass is 10.1. The van der Waals surface area contributed by atoms with E-state index in [0.717, 1.165) is 10.6 Å². The Hall–Kier alpha value is -2.58. The van der Waals surface area contributed by atoms with Gasteiger partial charge >= 0.3 is 0 Å². The van der Waals surface area contributed by atoms with Gasteiger partial charge in [0.1, 0.15) is 11.0 Å². The van der Waals surface area contributed by atoms with Crippen LogP contribution in [0.5, 0.6) is 0 Å². The molecule has 130 valence electrons. The molecule has 0 aliphatic rings. The number of hydrogen-bond donors (Lipinski definition) is 2. The quantitative estimate of drug-likeness (QED) is 0.706. The van der Waals surface area contributed by atoms with Gasteiger partial charge in [-0.2, -0.15) is 5.10 Å². The molecule has 0 saturated carbocycles. The number of likely N-dealkylation sites (N-methyl/N-ethyl adjacent to an activating group) is 1. The molecular formula is C17H20N6OS. The van der Waals surface area contributed by atoms with Gasteiger partial charge in [0.2, 0.25) is 11.0 Å². The second kappa shape index (κ2) is 7.54. The van der Waals surface area contributed by atoms with Crippen molar-refractivity contribution in [1.82, 2.24) is 25.3 Å². The van der Waals surface area contributed by atoms with E-state index in [9.17, 15) is 4.79 Å². The van der Waals surface area contributed by atoms with Gasteiger partial charge < -0.3 is 5.32 Å². The van der Waals surface area contributed by atoms with Crippen molar-refractivity contribution in [3.05, 3.63) is 58.4 Å². The Bertz CT molecular complexity index is 854. The van der Waals surface area contributed by atoms with Gasteiger partial charge in [0.05, 0.1) is 6.20 Å².